The second-order valence-corrected chi connectivity index (χ2v) is 3.96. The quantitative estimate of drug-likeness (QED) is 0.800. The van der Waals surface area contributed by atoms with Gasteiger partial charge in [-0.05, 0) is 25.5 Å². The lowest BCUT2D eigenvalue weighted by molar-refractivity contribution is 0.200. The van der Waals surface area contributed by atoms with E-state index in [1.54, 1.807) is 0 Å². The average molecular weight is 207 g/mol. The summed E-state index contributed by atoms with van der Waals surface area (Å²) in [6.45, 7) is 4.18. The minimum atomic E-state index is -0.309. The van der Waals surface area contributed by atoms with E-state index in [1.807, 2.05) is 31.2 Å². The van der Waals surface area contributed by atoms with Crippen molar-refractivity contribution in [1.82, 2.24) is 0 Å². The van der Waals surface area contributed by atoms with Crippen molar-refractivity contribution in [2.24, 2.45) is 0 Å². The topological polar surface area (TPSA) is 32.7 Å². The van der Waals surface area contributed by atoms with Crippen LogP contribution in [0.5, 0.6) is 5.75 Å². The fourth-order valence-corrected chi connectivity index (χ4v) is 1.91. The molecule has 15 heavy (non-hydrogen) atoms. The third-order valence-corrected chi connectivity index (χ3v) is 2.52. The summed E-state index contributed by atoms with van der Waals surface area (Å²) in [5.74, 6) is 0.927. The molecule has 0 radical (unpaired) electrons. The van der Waals surface area contributed by atoms with E-state index in [0.29, 0.717) is 6.54 Å². The van der Waals surface area contributed by atoms with Crippen molar-refractivity contribution >= 4 is 5.69 Å². The first-order valence-corrected chi connectivity index (χ1v) is 5.42. The highest BCUT2D eigenvalue weighted by molar-refractivity contribution is 5.58. The lowest BCUT2D eigenvalue weighted by Gasteiger charge is -2.24. The first kappa shape index (κ1) is 10.3. The second-order valence-electron chi connectivity index (χ2n) is 3.96. The molecule has 0 spiro atoms. The van der Waals surface area contributed by atoms with E-state index in [2.05, 4.69) is 4.90 Å². The number of nitrogens with zero attached hydrogens (tertiary/aromatic N) is 1. The molecular weight excluding hydrogens is 190 g/mol. The summed E-state index contributed by atoms with van der Waals surface area (Å²) in [5.41, 5.74) is 1.09. The van der Waals surface area contributed by atoms with E-state index in [4.69, 9.17) is 4.74 Å². The Morgan fingerprint density at radius 3 is 3.07 bits per heavy atom. The fraction of sp³-hybridized carbons (Fsp3) is 0.500. The number of ether oxygens (including phenoxy) is 1. The molecule has 1 N–H and O–H groups in total. The van der Waals surface area contributed by atoms with Crippen molar-refractivity contribution in [3.8, 4) is 5.75 Å². The molecule has 82 valence electrons. The number of anilines is 1. The molecule has 2 rings (SSSR count). The second kappa shape index (κ2) is 4.53. The van der Waals surface area contributed by atoms with Crippen LogP contribution in [0, 0.1) is 0 Å². The maximum absolute atomic E-state index is 9.44. The lowest BCUT2D eigenvalue weighted by Crippen LogP contribution is -2.31. The lowest BCUT2D eigenvalue weighted by atomic mass is 10.2. The first-order valence-electron chi connectivity index (χ1n) is 5.42. The fourth-order valence-electron chi connectivity index (χ4n) is 1.91. The molecule has 0 aliphatic carbocycles. The minimum Gasteiger partial charge on any atom is -0.491 e. The van der Waals surface area contributed by atoms with Gasteiger partial charge in [0.15, 0.2) is 0 Å². The summed E-state index contributed by atoms with van der Waals surface area (Å²) < 4.78 is 5.64. The summed E-state index contributed by atoms with van der Waals surface area (Å²) in [4.78, 5) is 2.19. The molecule has 1 aromatic carbocycles. The van der Waals surface area contributed by atoms with Gasteiger partial charge in [-0.25, -0.2) is 0 Å². The smallest absolute Gasteiger partial charge is 0.142 e. The Hall–Kier alpha value is -1.22. The van der Waals surface area contributed by atoms with Crippen LogP contribution in [0.2, 0.25) is 0 Å². The monoisotopic (exact) mass is 207 g/mol. The van der Waals surface area contributed by atoms with Gasteiger partial charge in [-0.1, -0.05) is 12.1 Å². The van der Waals surface area contributed by atoms with Crippen LogP contribution in [0.3, 0.4) is 0 Å². The third kappa shape index (κ3) is 2.42. The summed E-state index contributed by atoms with van der Waals surface area (Å²) in [7, 11) is 0. The first-order chi connectivity index (χ1) is 7.27. The van der Waals surface area contributed by atoms with Gasteiger partial charge in [0, 0.05) is 13.1 Å². The minimum absolute atomic E-state index is 0.309. The molecule has 3 heteroatoms. The number of fused-ring (bicyclic) bond motifs is 1. The van der Waals surface area contributed by atoms with Crippen LogP contribution in [-0.2, 0) is 0 Å². The van der Waals surface area contributed by atoms with Crippen LogP contribution in [0.25, 0.3) is 0 Å². The number of benzene rings is 1. The predicted octanol–water partition coefficient (Wildman–Crippen LogP) is 1.66. The van der Waals surface area contributed by atoms with Crippen LogP contribution in [0.15, 0.2) is 24.3 Å². The summed E-state index contributed by atoms with van der Waals surface area (Å²) >= 11 is 0. The number of aliphatic hydroxyl groups excluding tert-OH is 1. The summed E-state index contributed by atoms with van der Waals surface area (Å²) in [5, 5.41) is 9.44. The third-order valence-electron chi connectivity index (χ3n) is 2.52. The molecule has 0 unspecified atom stereocenters. The van der Waals surface area contributed by atoms with Crippen molar-refractivity contribution in [2.45, 2.75) is 19.4 Å². The van der Waals surface area contributed by atoms with E-state index in [-0.39, 0.29) is 6.10 Å². The summed E-state index contributed by atoms with van der Waals surface area (Å²) in [6.07, 6.45) is 0.692. The van der Waals surface area contributed by atoms with Crippen LogP contribution in [0.4, 0.5) is 5.69 Å². The van der Waals surface area contributed by atoms with Crippen LogP contribution < -0.4 is 9.64 Å². The molecule has 0 amide bonds. The standard InChI is InChI=1S/C12H17NO2/c1-10(14)9-13-7-4-8-15-12-6-3-2-5-11(12)13/h2-3,5-6,10,14H,4,7-9H2,1H3/t10-/m1/s1. The van der Waals surface area contributed by atoms with Crippen molar-refractivity contribution in [3.05, 3.63) is 24.3 Å². The van der Waals surface area contributed by atoms with Gasteiger partial charge in [-0.2, -0.15) is 0 Å². The number of aliphatic hydroxyl groups is 1. The highest BCUT2D eigenvalue weighted by atomic mass is 16.5. The zero-order chi connectivity index (χ0) is 10.7. The molecule has 1 aliphatic heterocycles. The molecule has 1 aliphatic rings. The molecule has 1 aromatic rings. The largest absolute Gasteiger partial charge is 0.491 e. The predicted molar refractivity (Wildman–Crippen MR) is 60.4 cm³/mol. The Labute approximate surface area is 90.3 Å². The highest BCUT2D eigenvalue weighted by Crippen LogP contribution is 2.30. The van der Waals surface area contributed by atoms with Gasteiger partial charge in [0.2, 0.25) is 0 Å². The van der Waals surface area contributed by atoms with Crippen molar-refractivity contribution in [1.29, 1.82) is 0 Å². The van der Waals surface area contributed by atoms with Gasteiger partial charge in [-0.3, -0.25) is 0 Å². The Balaban J connectivity index is 2.24. The van der Waals surface area contributed by atoms with Gasteiger partial charge in [0.1, 0.15) is 5.75 Å². The van der Waals surface area contributed by atoms with Crippen LogP contribution >= 0.6 is 0 Å². The van der Waals surface area contributed by atoms with Gasteiger partial charge in [-0.15, -0.1) is 0 Å². The van der Waals surface area contributed by atoms with E-state index in [9.17, 15) is 5.11 Å². The van der Waals surface area contributed by atoms with Crippen molar-refractivity contribution < 1.29 is 9.84 Å². The van der Waals surface area contributed by atoms with Crippen LogP contribution in [-0.4, -0.2) is 30.9 Å². The molecule has 0 saturated heterocycles. The van der Waals surface area contributed by atoms with Crippen LogP contribution in [0.1, 0.15) is 13.3 Å². The van der Waals surface area contributed by atoms with Gasteiger partial charge in [0.25, 0.3) is 0 Å². The molecule has 0 saturated carbocycles. The van der Waals surface area contributed by atoms with Crippen molar-refractivity contribution in [3.63, 3.8) is 0 Å². The molecule has 0 bridgehead atoms. The number of para-hydroxylation sites is 2. The maximum Gasteiger partial charge on any atom is 0.142 e. The molecule has 1 atom stereocenters. The molecular formula is C12H17NO2. The average Bonchev–Trinajstić information content (AvgIpc) is 2.41. The number of hydrogen-bond acceptors (Lipinski definition) is 3. The van der Waals surface area contributed by atoms with E-state index in [1.165, 1.54) is 0 Å². The van der Waals surface area contributed by atoms with E-state index in [0.717, 1.165) is 31.0 Å². The van der Waals surface area contributed by atoms with Gasteiger partial charge >= 0.3 is 0 Å². The Kier molecular flexibility index (Phi) is 3.11. The Morgan fingerprint density at radius 1 is 1.47 bits per heavy atom. The highest BCUT2D eigenvalue weighted by Gasteiger charge is 2.16. The number of rotatable bonds is 2. The van der Waals surface area contributed by atoms with E-state index >= 15 is 0 Å². The Morgan fingerprint density at radius 2 is 2.27 bits per heavy atom. The van der Waals surface area contributed by atoms with Gasteiger partial charge in [0.05, 0.1) is 18.4 Å². The maximum atomic E-state index is 9.44. The van der Waals surface area contributed by atoms with Crippen molar-refractivity contribution in [2.75, 3.05) is 24.6 Å². The Bertz CT molecular complexity index is 325. The molecule has 0 aromatic heterocycles. The summed E-state index contributed by atoms with van der Waals surface area (Å²) in [6, 6.07) is 8.01. The van der Waals surface area contributed by atoms with Gasteiger partial charge < -0.3 is 14.7 Å². The zero-order valence-corrected chi connectivity index (χ0v) is 9.02. The molecule has 0 fully saturated rings. The molecule has 1 heterocycles. The number of β-amino-alcohol motifs (C(OH)–C–C–N with tert-alkyl or cyclic N) is 1. The number of hydrogen-bond donors (Lipinski definition) is 1. The SMILES string of the molecule is C[C@@H](O)CN1CCCOc2ccccc21. The zero-order valence-electron chi connectivity index (χ0n) is 9.02. The van der Waals surface area contributed by atoms with E-state index < -0.39 is 0 Å². The molecule has 3 nitrogen and oxygen atoms in total. The normalized spacial score (nSPS) is 17.6.